The summed E-state index contributed by atoms with van der Waals surface area (Å²) in [4.78, 5) is 17.1. The van der Waals surface area contributed by atoms with E-state index in [0.29, 0.717) is 13.1 Å². The summed E-state index contributed by atoms with van der Waals surface area (Å²) in [5.41, 5.74) is 2.14. The van der Waals surface area contributed by atoms with Crippen molar-refractivity contribution in [2.24, 2.45) is 0 Å². The summed E-state index contributed by atoms with van der Waals surface area (Å²) in [5.74, 6) is 0.551. The van der Waals surface area contributed by atoms with Crippen LogP contribution in [0.25, 0.3) is 16.8 Å². The smallest absolute Gasteiger partial charge is 0.264 e. The average molecular weight is 397 g/mol. The van der Waals surface area contributed by atoms with Gasteiger partial charge < -0.3 is 14.5 Å². The molecule has 0 N–H and O–H groups in total. The first-order valence-electron chi connectivity index (χ1n) is 9.98. The summed E-state index contributed by atoms with van der Waals surface area (Å²) in [6.45, 7) is 2.69. The van der Waals surface area contributed by atoms with E-state index in [-0.39, 0.29) is 11.5 Å². The number of amides is 1. The number of hydrogen-bond acceptors (Lipinski definition) is 4. The lowest BCUT2D eigenvalue weighted by molar-refractivity contribution is -0.126. The SMILES string of the molecule is COc1ccc(/C=C(/C#N)C(=O)N2CCN(c3ccccc3)CC2)c2ccccc12. The molecule has 3 aromatic carbocycles. The lowest BCUT2D eigenvalue weighted by atomic mass is 10.0. The summed E-state index contributed by atoms with van der Waals surface area (Å²) in [6, 6.07) is 23.9. The molecular weight excluding hydrogens is 374 g/mol. The quantitative estimate of drug-likeness (QED) is 0.491. The summed E-state index contributed by atoms with van der Waals surface area (Å²) in [7, 11) is 1.64. The molecule has 1 aliphatic heterocycles. The summed E-state index contributed by atoms with van der Waals surface area (Å²) < 4.78 is 5.44. The fourth-order valence-electron chi connectivity index (χ4n) is 3.87. The molecule has 0 radical (unpaired) electrons. The van der Waals surface area contributed by atoms with Crippen LogP contribution in [0.3, 0.4) is 0 Å². The van der Waals surface area contributed by atoms with Gasteiger partial charge in [-0.05, 0) is 35.2 Å². The molecule has 1 saturated heterocycles. The van der Waals surface area contributed by atoms with Crippen molar-refractivity contribution in [3.63, 3.8) is 0 Å². The van der Waals surface area contributed by atoms with Crippen molar-refractivity contribution in [1.82, 2.24) is 4.90 Å². The Morgan fingerprint density at radius 3 is 2.27 bits per heavy atom. The molecule has 1 aliphatic rings. The van der Waals surface area contributed by atoms with Crippen LogP contribution >= 0.6 is 0 Å². The first-order valence-corrected chi connectivity index (χ1v) is 9.98. The minimum Gasteiger partial charge on any atom is -0.496 e. The van der Waals surface area contributed by atoms with E-state index < -0.39 is 0 Å². The van der Waals surface area contributed by atoms with Gasteiger partial charge in [0.05, 0.1) is 7.11 Å². The van der Waals surface area contributed by atoms with Crippen molar-refractivity contribution in [2.45, 2.75) is 0 Å². The van der Waals surface area contributed by atoms with E-state index >= 15 is 0 Å². The van der Waals surface area contributed by atoms with Gasteiger partial charge in [0.1, 0.15) is 17.4 Å². The first-order chi connectivity index (χ1) is 14.7. The third-order valence-electron chi connectivity index (χ3n) is 5.48. The number of nitriles is 1. The third-order valence-corrected chi connectivity index (χ3v) is 5.48. The monoisotopic (exact) mass is 397 g/mol. The number of benzene rings is 3. The van der Waals surface area contributed by atoms with Gasteiger partial charge in [0.25, 0.3) is 5.91 Å². The zero-order valence-electron chi connectivity index (χ0n) is 16.9. The molecule has 1 fully saturated rings. The standard InChI is InChI=1S/C25H23N3O2/c1-30-24-12-11-19(22-9-5-6-10-23(22)24)17-20(18-26)25(29)28-15-13-27(14-16-28)21-7-3-2-4-8-21/h2-12,17H,13-16H2,1H3/b20-17-. The van der Waals surface area contributed by atoms with Gasteiger partial charge in [0.2, 0.25) is 0 Å². The molecule has 5 nitrogen and oxygen atoms in total. The van der Waals surface area contributed by atoms with Crippen LogP contribution in [0.5, 0.6) is 5.75 Å². The zero-order chi connectivity index (χ0) is 20.9. The fourth-order valence-corrected chi connectivity index (χ4v) is 3.87. The topological polar surface area (TPSA) is 56.6 Å². The zero-order valence-corrected chi connectivity index (χ0v) is 16.9. The second-order valence-corrected chi connectivity index (χ2v) is 7.19. The van der Waals surface area contributed by atoms with Gasteiger partial charge in [0, 0.05) is 37.3 Å². The molecule has 1 heterocycles. The highest BCUT2D eigenvalue weighted by atomic mass is 16.5. The van der Waals surface area contributed by atoms with Crippen LogP contribution in [-0.4, -0.2) is 44.1 Å². The minimum absolute atomic E-state index is 0.151. The van der Waals surface area contributed by atoms with E-state index in [1.165, 1.54) is 0 Å². The molecule has 0 spiro atoms. The number of carbonyl (C=O) groups excluding carboxylic acids is 1. The Kier molecular flexibility index (Phi) is 5.67. The van der Waals surface area contributed by atoms with Gasteiger partial charge >= 0.3 is 0 Å². The Labute approximate surface area is 176 Å². The molecule has 0 aromatic heterocycles. The van der Waals surface area contributed by atoms with Crippen LogP contribution in [-0.2, 0) is 4.79 Å². The number of carbonyl (C=O) groups is 1. The maximum Gasteiger partial charge on any atom is 0.264 e. The van der Waals surface area contributed by atoms with Crippen LogP contribution in [0.1, 0.15) is 5.56 Å². The largest absolute Gasteiger partial charge is 0.496 e. The molecule has 30 heavy (non-hydrogen) atoms. The maximum atomic E-state index is 13.0. The van der Waals surface area contributed by atoms with E-state index in [1.54, 1.807) is 18.1 Å². The van der Waals surface area contributed by atoms with E-state index in [1.807, 2.05) is 54.6 Å². The number of fused-ring (bicyclic) bond motifs is 1. The average Bonchev–Trinajstić information content (AvgIpc) is 2.82. The highest BCUT2D eigenvalue weighted by molar-refractivity contribution is 6.04. The van der Waals surface area contributed by atoms with E-state index in [0.717, 1.165) is 40.9 Å². The lowest BCUT2D eigenvalue weighted by Gasteiger charge is -2.36. The number of para-hydroxylation sites is 1. The summed E-state index contributed by atoms with van der Waals surface area (Å²) >= 11 is 0. The number of nitrogens with zero attached hydrogens (tertiary/aromatic N) is 3. The van der Waals surface area contributed by atoms with Crippen molar-refractivity contribution >= 4 is 28.4 Å². The molecule has 1 amide bonds. The summed E-state index contributed by atoms with van der Waals surface area (Å²) in [6.07, 6.45) is 1.69. The molecule has 150 valence electrons. The van der Waals surface area contributed by atoms with Crippen LogP contribution < -0.4 is 9.64 Å². The minimum atomic E-state index is -0.217. The van der Waals surface area contributed by atoms with E-state index in [9.17, 15) is 10.1 Å². The molecule has 5 heteroatoms. The Morgan fingerprint density at radius 1 is 0.933 bits per heavy atom. The lowest BCUT2D eigenvalue weighted by Crippen LogP contribution is -2.49. The van der Waals surface area contributed by atoms with Gasteiger partial charge in [-0.2, -0.15) is 5.26 Å². The molecular formula is C25H23N3O2. The van der Waals surface area contributed by atoms with E-state index in [2.05, 4.69) is 23.1 Å². The molecule has 4 rings (SSSR count). The summed E-state index contributed by atoms with van der Waals surface area (Å²) in [5, 5.41) is 11.6. The highest BCUT2D eigenvalue weighted by Crippen LogP contribution is 2.29. The van der Waals surface area contributed by atoms with Crippen LogP contribution in [0.4, 0.5) is 5.69 Å². The van der Waals surface area contributed by atoms with Gasteiger partial charge in [-0.1, -0.05) is 48.5 Å². The molecule has 0 unspecified atom stereocenters. The Balaban J connectivity index is 1.55. The number of methoxy groups -OCH3 is 1. The van der Waals surface area contributed by atoms with Crippen LogP contribution in [0.15, 0.2) is 72.3 Å². The van der Waals surface area contributed by atoms with Crippen molar-refractivity contribution in [3.8, 4) is 11.8 Å². The second kappa shape index (κ2) is 8.71. The Hall–Kier alpha value is -3.78. The van der Waals surface area contributed by atoms with Gasteiger partial charge in [0.15, 0.2) is 0 Å². The molecule has 0 bridgehead atoms. The molecule has 0 saturated carbocycles. The molecule has 0 atom stereocenters. The molecule has 0 aliphatic carbocycles. The van der Waals surface area contributed by atoms with Crippen LogP contribution in [0, 0.1) is 11.3 Å². The number of rotatable bonds is 4. The third kappa shape index (κ3) is 3.85. The van der Waals surface area contributed by atoms with Crippen molar-refractivity contribution in [1.29, 1.82) is 5.26 Å². The highest BCUT2D eigenvalue weighted by Gasteiger charge is 2.24. The van der Waals surface area contributed by atoms with Gasteiger partial charge in [-0.3, -0.25) is 4.79 Å². The Bertz CT molecular complexity index is 1120. The molecule has 3 aromatic rings. The fraction of sp³-hybridized carbons (Fsp3) is 0.200. The predicted octanol–water partition coefficient (Wildman–Crippen LogP) is 4.10. The van der Waals surface area contributed by atoms with Crippen molar-refractivity contribution in [2.75, 3.05) is 38.2 Å². The number of anilines is 1. The first kappa shape index (κ1) is 19.5. The van der Waals surface area contributed by atoms with Crippen LogP contribution in [0.2, 0.25) is 0 Å². The van der Waals surface area contributed by atoms with Crippen molar-refractivity contribution in [3.05, 3.63) is 77.9 Å². The Morgan fingerprint density at radius 2 is 1.60 bits per heavy atom. The number of piperazine rings is 1. The normalized spacial score (nSPS) is 14.5. The second-order valence-electron chi connectivity index (χ2n) is 7.19. The van der Waals surface area contributed by atoms with Crippen molar-refractivity contribution < 1.29 is 9.53 Å². The van der Waals surface area contributed by atoms with E-state index in [4.69, 9.17) is 4.74 Å². The predicted molar refractivity (Wildman–Crippen MR) is 119 cm³/mol. The number of hydrogen-bond donors (Lipinski definition) is 0. The van der Waals surface area contributed by atoms with Gasteiger partial charge in [-0.15, -0.1) is 0 Å². The van der Waals surface area contributed by atoms with Gasteiger partial charge in [-0.25, -0.2) is 0 Å². The number of ether oxygens (including phenoxy) is 1. The maximum absolute atomic E-state index is 13.0.